The standard InChI is InChI=1S/C22H29F3O4/c1-3-8-17-18(11-10-16(15(2)26)21(17)27)28-14-7-5-4-6-9-19-20(29-19)12-13-22(23,24)25/h6,9-11,19-20,27H,3-5,7-8,12-14H2,1-2H3/b9-6-/t19-,20-/m1/s1. The fourth-order valence-corrected chi connectivity index (χ4v) is 3.17. The molecule has 0 bridgehead atoms. The molecule has 162 valence electrons. The zero-order valence-electron chi connectivity index (χ0n) is 16.9. The minimum absolute atomic E-state index is 0.00398. The summed E-state index contributed by atoms with van der Waals surface area (Å²) in [6.45, 7) is 3.90. The molecule has 1 saturated heterocycles. The smallest absolute Gasteiger partial charge is 0.389 e. The lowest BCUT2D eigenvalue weighted by molar-refractivity contribution is -0.136. The van der Waals surface area contributed by atoms with Crippen LogP contribution in [0, 0.1) is 0 Å². The number of unbranched alkanes of at least 4 members (excludes halogenated alkanes) is 2. The molecule has 1 aliphatic rings. The van der Waals surface area contributed by atoms with Gasteiger partial charge in [-0.05, 0) is 51.2 Å². The van der Waals surface area contributed by atoms with E-state index in [1.807, 2.05) is 19.1 Å². The highest BCUT2D eigenvalue weighted by Gasteiger charge is 2.39. The fraction of sp³-hybridized carbons (Fsp3) is 0.591. The number of halogens is 3. The third-order valence-electron chi connectivity index (χ3n) is 4.80. The summed E-state index contributed by atoms with van der Waals surface area (Å²) in [5, 5.41) is 10.3. The Labute approximate surface area is 169 Å². The van der Waals surface area contributed by atoms with Crippen LogP contribution in [0.5, 0.6) is 11.5 Å². The molecule has 1 fully saturated rings. The van der Waals surface area contributed by atoms with Gasteiger partial charge in [-0.1, -0.05) is 25.5 Å². The summed E-state index contributed by atoms with van der Waals surface area (Å²) in [5.41, 5.74) is 0.970. The average molecular weight is 414 g/mol. The number of hydrogen-bond donors (Lipinski definition) is 1. The molecule has 1 N–H and O–H groups in total. The van der Waals surface area contributed by atoms with E-state index in [2.05, 4.69) is 0 Å². The number of aromatic hydroxyl groups is 1. The van der Waals surface area contributed by atoms with Crippen molar-refractivity contribution >= 4 is 5.78 Å². The lowest BCUT2D eigenvalue weighted by Crippen LogP contribution is -2.08. The molecule has 0 aromatic heterocycles. The second kappa shape index (κ2) is 10.7. The molecule has 0 saturated carbocycles. The lowest BCUT2D eigenvalue weighted by Gasteiger charge is -2.14. The lowest BCUT2D eigenvalue weighted by atomic mass is 10.0. The molecule has 1 aromatic carbocycles. The number of phenolic OH excluding ortho intramolecular Hbond substituents is 1. The Morgan fingerprint density at radius 3 is 2.72 bits per heavy atom. The second-order valence-electron chi connectivity index (χ2n) is 7.31. The molecule has 1 aliphatic heterocycles. The highest BCUT2D eigenvalue weighted by molar-refractivity contribution is 5.97. The van der Waals surface area contributed by atoms with E-state index in [1.165, 1.54) is 6.92 Å². The Morgan fingerprint density at radius 2 is 2.07 bits per heavy atom. The summed E-state index contributed by atoms with van der Waals surface area (Å²) in [5.74, 6) is 0.423. The summed E-state index contributed by atoms with van der Waals surface area (Å²) in [6, 6.07) is 3.31. The molecular weight excluding hydrogens is 385 g/mol. The van der Waals surface area contributed by atoms with Crippen molar-refractivity contribution in [2.24, 2.45) is 0 Å². The molecule has 0 spiro atoms. The SMILES string of the molecule is CCCc1c(OCCCC/C=C\[C@H]2O[C@@H]2CCC(F)(F)F)ccc(C(C)=O)c1O. The van der Waals surface area contributed by atoms with E-state index in [1.54, 1.807) is 12.1 Å². The van der Waals surface area contributed by atoms with Gasteiger partial charge in [0.2, 0.25) is 0 Å². The molecule has 2 rings (SSSR count). The van der Waals surface area contributed by atoms with Crippen LogP contribution in [0.3, 0.4) is 0 Å². The number of alkyl halides is 3. The van der Waals surface area contributed by atoms with Gasteiger partial charge >= 0.3 is 6.18 Å². The van der Waals surface area contributed by atoms with Gasteiger partial charge in [-0.15, -0.1) is 0 Å². The van der Waals surface area contributed by atoms with Crippen LogP contribution in [0.15, 0.2) is 24.3 Å². The Bertz CT molecular complexity index is 713. The molecule has 1 aromatic rings. The van der Waals surface area contributed by atoms with Crippen LogP contribution in [0.2, 0.25) is 0 Å². The van der Waals surface area contributed by atoms with Crippen LogP contribution in [0.4, 0.5) is 13.2 Å². The van der Waals surface area contributed by atoms with E-state index in [-0.39, 0.29) is 30.2 Å². The van der Waals surface area contributed by atoms with Gasteiger partial charge in [0.15, 0.2) is 5.78 Å². The van der Waals surface area contributed by atoms with E-state index >= 15 is 0 Å². The first-order valence-corrected chi connectivity index (χ1v) is 10.1. The second-order valence-corrected chi connectivity index (χ2v) is 7.31. The van der Waals surface area contributed by atoms with Crippen molar-refractivity contribution in [1.82, 2.24) is 0 Å². The van der Waals surface area contributed by atoms with Gasteiger partial charge in [-0.3, -0.25) is 4.79 Å². The Kier molecular flexibility index (Phi) is 8.56. The number of epoxide rings is 1. The summed E-state index contributed by atoms with van der Waals surface area (Å²) < 4.78 is 47.5. The first-order chi connectivity index (χ1) is 13.7. The molecule has 2 atom stereocenters. The largest absolute Gasteiger partial charge is 0.507 e. The number of ketones is 1. The number of carbonyl (C=O) groups is 1. The maximum atomic E-state index is 12.1. The van der Waals surface area contributed by atoms with Crippen LogP contribution < -0.4 is 4.74 Å². The van der Waals surface area contributed by atoms with E-state index in [0.717, 1.165) is 25.7 Å². The van der Waals surface area contributed by atoms with Gasteiger partial charge in [-0.2, -0.15) is 13.2 Å². The molecule has 0 amide bonds. The first kappa shape index (κ1) is 23.3. The third kappa shape index (κ3) is 7.72. The van der Waals surface area contributed by atoms with E-state index in [4.69, 9.17) is 9.47 Å². The number of hydrogen-bond acceptors (Lipinski definition) is 4. The van der Waals surface area contributed by atoms with Crippen molar-refractivity contribution in [2.45, 2.75) is 77.2 Å². The Hall–Kier alpha value is -2.02. The molecular formula is C22H29F3O4. The average Bonchev–Trinajstić information content (AvgIpc) is 3.39. The van der Waals surface area contributed by atoms with Crippen molar-refractivity contribution in [3.8, 4) is 11.5 Å². The number of rotatable bonds is 12. The highest BCUT2D eigenvalue weighted by Crippen LogP contribution is 2.34. The first-order valence-electron chi connectivity index (χ1n) is 10.1. The number of phenols is 1. The Morgan fingerprint density at radius 1 is 1.31 bits per heavy atom. The maximum absolute atomic E-state index is 12.1. The zero-order chi connectivity index (χ0) is 21.4. The van der Waals surface area contributed by atoms with Crippen LogP contribution in [0.25, 0.3) is 0 Å². The van der Waals surface area contributed by atoms with Crippen molar-refractivity contribution in [3.63, 3.8) is 0 Å². The number of Topliss-reactive ketones (excluding diaryl/α,β-unsaturated/α-hetero) is 1. The van der Waals surface area contributed by atoms with Gasteiger partial charge in [0, 0.05) is 12.0 Å². The molecule has 29 heavy (non-hydrogen) atoms. The molecule has 4 nitrogen and oxygen atoms in total. The number of benzene rings is 1. The third-order valence-corrected chi connectivity index (χ3v) is 4.80. The van der Waals surface area contributed by atoms with Gasteiger partial charge in [0.05, 0.1) is 18.3 Å². The van der Waals surface area contributed by atoms with Crippen molar-refractivity contribution < 1.29 is 32.5 Å². The summed E-state index contributed by atoms with van der Waals surface area (Å²) in [4.78, 5) is 11.6. The zero-order valence-corrected chi connectivity index (χ0v) is 16.9. The normalized spacial score (nSPS) is 18.9. The minimum atomic E-state index is -4.12. The summed E-state index contributed by atoms with van der Waals surface area (Å²) >= 11 is 0. The van der Waals surface area contributed by atoms with Gasteiger partial charge < -0.3 is 14.6 Å². The fourth-order valence-electron chi connectivity index (χ4n) is 3.17. The van der Waals surface area contributed by atoms with Crippen LogP contribution >= 0.6 is 0 Å². The topological polar surface area (TPSA) is 59.1 Å². The van der Waals surface area contributed by atoms with Gasteiger partial charge in [0.25, 0.3) is 0 Å². The van der Waals surface area contributed by atoms with Gasteiger partial charge in [-0.25, -0.2) is 0 Å². The summed E-state index contributed by atoms with van der Waals surface area (Å²) in [6.07, 6.45) is 2.28. The summed E-state index contributed by atoms with van der Waals surface area (Å²) in [7, 11) is 0. The quantitative estimate of drug-likeness (QED) is 0.204. The Balaban J connectivity index is 1.68. The minimum Gasteiger partial charge on any atom is -0.507 e. The van der Waals surface area contributed by atoms with E-state index < -0.39 is 12.6 Å². The highest BCUT2D eigenvalue weighted by atomic mass is 19.4. The number of allylic oxidation sites excluding steroid dienone is 1. The molecule has 0 unspecified atom stereocenters. The molecule has 7 heteroatoms. The van der Waals surface area contributed by atoms with E-state index in [0.29, 0.717) is 29.9 Å². The molecule has 1 heterocycles. The molecule has 0 aliphatic carbocycles. The maximum Gasteiger partial charge on any atom is 0.389 e. The predicted octanol–water partition coefficient (Wildman–Crippen LogP) is 5.76. The van der Waals surface area contributed by atoms with Crippen LogP contribution in [-0.2, 0) is 11.2 Å². The predicted molar refractivity (Wildman–Crippen MR) is 105 cm³/mol. The van der Waals surface area contributed by atoms with Crippen LogP contribution in [-0.4, -0.2) is 35.9 Å². The van der Waals surface area contributed by atoms with E-state index in [9.17, 15) is 23.1 Å². The molecule has 0 radical (unpaired) electrons. The van der Waals surface area contributed by atoms with Crippen molar-refractivity contribution in [3.05, 3.63) is 35.4 Å². The van der Waals surface area contributed by atoms with Crippen molar-refractivity contribution in [2.75, 3.05) is 6.61 Å². The van der Waals surface area contributed by atoms with Crippen molar-refractivity contribution in [1.29, 1.82) is 0 Å². The monoisotopic (exact) mass is 414 g/mol. The van der Waals surface area contributed by atoms with Crippen LogP contribution in [0.1, 0.15) is 68.3 Å². The number of carbonyl (C=O) groups excluding carboxylic acids is 1. The van der Waals surface area contributed by atoms with Gasteiger partial charge in [0.1, 0.15) is 17.6 Å². The number of ether oxygens (including phenoxy) is 2.